The molecule has 2 rings (SSSR count). The van der Waals surface area contributed by atoms with Gasteiger partial charge in [0.05, 0.1) is 12.4 Å². The minimum atomic E-state index is -3.58. The zero-order valence-corrected chi connectivity index (χ0v) is 18.7. The fraction of sp³-hybridized carbons (Fsp3) is 0.636. The highest BCUT2D eigenvalue weighted by Crippen LogP contribution is 2.32. The van der Waals surface area contributed by atoms with Crippen LogP contribution < -0.4 is 9.46 Å². The van der Waals surface area contributed by atoms with Crippen molar-refractivity contribution in [1.82, 2.24) is 4.72 Å². The Labute approximate surface area is 174 Å². The summed E-state index contributed by atoms with van der Waals surface area (Å²) in [5.41, 5.74) is -0.927. The van der Waals surface area contributed by atoms with Crippen LogP contribution in [0.1, 0.15) is 58.9 Å². The Balaban J connectivity index is 2.01. The lowest BCUT2D eigenvalue weighted by atomic mass is 9.91. The van der Waals surface area contributed by atoms with Gasteiger partial charge in [-0.3, -0.25) is 0 Å². The van der Waals surface area contributed by atoms with Gasteiger partial charge in [-0.15, -0.1) is 0 Å². The largest absolute Gasteiger partial charge is 0.490 e. The third-order valence-corrected chi connectivity index (χ3v) is 6.24. The fourth-order valence-electron chi connectivity index (χ4n) is 2.75. The molecular formula is C22H34FNO4S. The zero-order chi connectivity index (χ0) is 21.7. The molecule has 0 heterocycles. The quantitative estimate of drug-likeness (QED) is 0.521. The molecule has 0 radical (unpaired) electrons. The van der Waals surface area contributed by atoms with Crippen LogP contribution >= 0.6 is 0 Å². The number of hydrogen-bond acceptors (Lipinski definition) is 4. The minimum absolute atomic E-state index is 0.0919. The van der Waals surface area contributed by atoms with E-state index < -0.39 is 21.4 Å². The number of allylic oxidation sites excluding steroid dienone is 1. The molecule has 0 aliphatic heterocycles. The third kappa shape index (κ3) is 8.07. The molecule has 0 unspecified atom stereocenters. The van der Waals surface area contributed by atoms with E-state index in [4.69, 9.17) is 4.74 Å². The lowest BCUT2D eigenvalue weighted by Gasteiger charge is -2.28. The highest BCUT2D eigenvalue weighted by Gasteiger charge is 2.30. The highest BCUT2D eigenvalue weighted by atomic mass is 32.2. The van der Waals surface area contributed by atoms with Gasteiger partial charge >= 0.3 is 0 Å². The second kappa shape index (κ2) is 9.58. The van der Waals surface area contributed by atoms with Crippen LogP contribution in [0.3, 0.4) is 0 Å². The molecule has 1 atom stereocenters. The molecule has 1 aliphatic carbocycles. The summed E-state index contributed by atoms with van der Waals surface area (Å²) in [5, 5.41) is 11.0. The first kappa shape index (κ1) is 23.8. The average Bonchev–Trinajstić information content (AvgIpc) is 3.46. The summed E-state index contributed by atoms with van der Waals surface area (Å²) in [4.78, 5) is 0. The van der Waals surface area contributed by atoms with Gasteiger partial charge in [-0.25, -0.2) is 17.5 Å². The maximum Gasteiger partial charge on any atom is 0.215 e. The second-order valence-electron chi connectivity index (χ2n) is 9.12. The summed E-state index contributed by atoms with van der Waals surface area (Å²) in [6.07, 6.45) is 6.71. The monoisotopic (exact) mass is 427 g/mol. The fourth-order valence-corrected chi connectivity index (χ4v) is 3.71. The van der Waals surface area contributed by atoms with Crippen LogP contribution in [-0.4, -0.2) is 32.4 Å². The molecule has 1 fully saturated rings. The van der Waals surface area contributed by atoms with Crippen molar-refractivity contribution < 1.29 is 22.7 Å². The predicted octanol–water partition coefficient (Wildman–Crippen LogP) is 4.12. The van der Waals surface area contributed by atoms with Crippen LogP contribution in [0, 0.1) is 17.2 Å². The van der Waals surface area contributed by atoms with Gasteiger partial charge in [0.15, 0.2) is 11.6 Å². The van der Waals surface area contributed by atoms with Gasteiger partial charge in [-0.1, -0.05) is 45.9 Å². The van der Waals surface area contributed by atoms with E-state index >= 15 is 0 Å². The van der Waals surface area contributed by atoms with Crippen molar-refractivity contribution in [3.63, 3.8) is 0 Å². The van der Waals surface area contributed by atoms with E-state index in [0.717, 1.165) is 19.3 Å². The Morgan fingerprint density at radius 3 is 2.55 bits per heavy atom. The molecule has 0 spiro atoms. The van der Waals surface area contributed by atoms with Crippen LogP contribution in [-0.2, 0) is 15.6 Å². The minimum Gasteiger partial charge on any atom is -0.490 e. The summed E-state index contributed by atoms with van der Waals surface area (Å²) in [5.74, 6) is -0.0740. The first-order valence-electron chi connectivity index (χ1n) is 10.2. The molecule has 2 N–H and O–H groups in total. The van der Waals surface area contributed by atoms with Crippen LogP contribution in [0.4, 0.5) is 4.39 Å². The number of ether oxygens (including phenoxy) is 1. The number of sulfonamides is 1. The first-order chi connectivity index (χ1) is 13.4. The lowest BCUT2D eigenvalue weighted by Crippen LogP contribution is -2.41. The van der Waals surface area contributed by atoms with Crippen LogP contribution in [0.5, 0.6) is 5.75 Å². The van der Waals surface area contributed by atoms with Crippen molar-refractivity contribution in [2.24, 2.45) is 11.3 Å². The summed E-state index contributed by atoms with van der Waals surface area (Å²) in [6.45, 7) is 8.26. The molecular weight excluding hydrogens is 393 g/mol. The van der Waals surface area contributed by atoms with Crippen molar-refractivity contribution in [2.75, 3.05) is 18.9 Å². The average molecular weight is 428 g/mol. The van der Waals surface area contributed by atoms with Gasteiger partial charge in [-0.05, 0) is 54.7 Å². The molecule has 0 aromatic heterocycles. The number of nitrogens with one attached hydrogen (secondary N) is 1. The molecule has 0 bridgehead atoms. The molecule has 164 valence electrons. The summed E-state index contributed by atoms with van der Waals surface area (Å²) < 4.78 is 46.7. The third-order valence-electron chi connectivity index (χ3n) is 5.02. The molecule has 1 aromatic carbocycles. The molecule has 0 saturated heterocycles. The van der Waals surface area contributed by atoms with Gasteiger partial charge < -0.3 is 9.84 Å². The van der Waals surface area contributed by atoms with E-state index in [9.17, 15) is 17.9 Å². The first-order valence-corrected chi connectivity index (χ1v) is 11.9. The van der Waals surface area contributed by atoms with E-state index in [-0.39, 0.29) is 29.9 Å². The van der Waals surface area contributed by atoms with E-state index in [1.165, 1.54) is 18.2 Å². The Kier molecular flexibility index (Phi) is 7.87. The molecule has 7 heteroatoms. The van der Waals surface area contributed by atoms with Gasteiger partial charge in [0.25, 0.3) is 0 Å². The maximum absolute atomic E-state index is 14.0. The van der Waals surface area contributed by atoms with Crippen molar-refractivity contribution in [3.8, 4) is 5.75 Å². The van der Waals surface area contributed by atoms with E-state index in [1.807, 2.05) is 6.08 Å². The second-order valence-corrected chi connectivity index (χ2v) is 11.0. The number of benzene rings is 1. The van der Waals surface area contributed by atoms with E-state index in [0.29, 0.717) is 18.1 Å². The summed E-state index contributed by atoms with van der Waals surface area (Å²) >= 11 is 0. The number of rotatable bonds is 11. The predicted molar refractivity (Wildman–Crippen MR) is 114 cm³/mol. The topological polar surface area (TPSA) is 75.6 Å². The Hall–Kier alpha value is -1.44. The van der Waals surface area contributed by atoms with E-state index in [1.54, 1.807) is 13.0 Å². The van der Waals surface area contributed by atoms with Crippen molar-refractivity contribution in [1.29, 1.82) is 0 Å². The number of hydrogen-bond donors (Lipinski definition) is 2. The number of aliphatic hydroxyl groups is 1. The number of halogens is 1. The molecule has 1 saturated carbocycles. The van der Waals surface area contributed by atoms with Gasteiger partial charge in [0, 0.05) is 6.54 Å². The van der Waals surface area contributed by atoms with E-state index in [2.05, 4.69) is 25.5 Å². The summed E-state index contributed by atoms with van der Waals surface area (Å²) in [6, 6.07) is 4.20. The molecule has 5 nitrogen and oxygen atoms in total. The summed E-state index contributed by atoms with van der Waals surface area (Å²) in [7, 11) is -3.58. The molecule has 1 aliphatic rings. The zero-order valence-electron chi connectivity index (χ0n) is 17.9. The van der Waals surface area contributed by atoms with Gasteiger partial charge in [-0.2, -0.15) is 0 Å². The van der Waals surface area contributed by atoms with Crippen LogP contribution in [0.2, 0.25) is 0 Å². The van der Waals surface area contributed by atoms with Gasteiger partial charge in [0.1, 0.15) is 5.60 Å². The van der Waals surface area contributed by atoms with Crippen LogP contribution in [0.15, 0.2) is 30.4 Å². The van der Waals surface area contributed by atoms with Crippen molar-refractivity contribution >= 4 is 10.0 Å². The molecule has 1 aromatic rings. The lowest BCUT2D eigenvalue weighted by molar-refractivity contribution is 0.0376. The maximum atomic E-state index is 14.0. The van der Waals surface area contributed by atoms with Gasteiger partial charge in [0.2, 0.25) is 10.0 Å². The Bertz CT molecular complexity index is 813. The standard InChI is InChI=1S/C22H34FNO4S/c1-5-22(25,16-24-29(26,27)13-7-6-12-21(2,3)4)18-10-11-19(23)20(14-18)28-15-17-8-9-17/h6-7,10-11,14,17,24-25H,5,8-9,12-13,15-16H2,1-4H3/b7-6+/t22-/m1/s1. The molecule has 0 amide bonds. The smallest absolute Gasteiger partial charge is 0.215 e. The molecule has 29 heavy (non-hydrogen) atoms. The Morgan fingerprint density at radius 2 is 1.97 bits per heavy atom. The normalized spacial score (nSPS) is 17.4. The Morgan fingerprint density at radius 1 is 1.28 bits per heavy atom. The van der Waals surface area contributed by atoms with Crippen molar-refractivity contribution in [3.05, 3.63) is 41.7 Å². The SMILES string of the molecule is CC[C@@](O)(CNS(=O)(=O)C/C=C/CC(C)(C)C)c1ccc(F)c(OCC2CC2)c1. The van der Waals surface area contributed by atoms with Crippen LogP contribution in [0.25, 0.3) is 0 Å². The highest BCUT2D eigenvalue weighted by molar-refractivity contribution is 7.89. The van der Waals surface area contributed by atoms with Crippen molar-refractivity contribution in [2.45, 2.75) is 59.0 Å².